The summed E-state index contributed by atoms with van der Waals surface area (Å²) >= 11 is 0. The third-order valence-electron chi connectivity index (χ3n) is 2.96. The number of nitrogens with one attached hydrogen (secondary N) is 1. The number of rotatable bonds is 1. The van der Waals surface area contributed by atoms with E-state index in [4.69, 9.17) is 10.5 Å². The van der Waals surface area contributed by atoms with Crippen LogP contribution >= 0.6 is 0 Å². The van der Waals surface area contributed by atoms with E-state index in [0.29, 0.717) is 12.0 Å². The first-order valence-corrected chi connectivity index (χ1v) is 4.27. The second kappa shape index (κ2) is 2.44. The van der Waals surface area contributed by atoms with Gasteiger partial charge in [0.1, 0.15) is 0 Å². The Kier molecular flexibility index (Phi) is 1.67. The van der Waals surface area contributed by atoms with Crippen molar-refractivity contribution in [3.8, 4) is 0 Å². The second-order valence-electron chi connectivity index (χ2n) is 3.94. The van der Waals surface area contributed by atoms with Crippen LogP contribution in [0.3, 0.4) is 0 Å². The minimum Gasteiger partial charge on any atom is -0.379 e. The molecule has 3 N–H and O–H groups in total. The van der Waals surface area contributed by atoms with Gasteiger partial charge in [0, 0.05) is 11.6 Å². The maximum atomic E-state index is 6.10. The van der Waals surface area contributed by atoms with Crippen molar-refractivity contribution >= 4 is 0 Å². The Hall–Kier alpha value is -0.120. The van der Waals surface area contributed by atoms with Crippen LogP contribution in [-0.2, 0) is 4.74 Å². The molecule has 1 unspecified atom stereocenters. The maximum absolute atomic E-state index is 6.10. The lowest BCUT2D eigenvalue weighted by Gasteiger charge is -2.28. The Morgan fingerprint density at radius 3 is 3.00 bits per heavy atom. The van der Waals surface area contributed by atoms with Gasteiger partial charge in [-0.2, -0.15) is 0 Å². The van der Waals surface area contributed by atoms with E-state index in [1.54, 1.807) is 0 Å². The zero-order valence-corrected chi connectivity index (χ0v) is 6.97. The summed E-state index contributed by atoms with van der Waals surface area (Å²) < 4.78 is 5.43. The van der Waals surface area contributed by atoms with Crippen molar-refractivity contribution < 1.29 is 4.74 Å². The van der Waals surface area contributed by atoms with Crippen LogP contribution in [0, 0.1) is 5.92 Å². The molecular formula is C8H16N2O. The summed E-state index contributed by atoms with van der Waals surface area (Å²) in [6.07, 6.45) is 2.21. The van der Waals surface area contributed by atoms with Crippen LogP contribution in [0.25, 0.3) is 0 Å². The van der Waals surface area contributed by atoms with Crippen molar-refractivity contribution in [2.75, 3.05) is 20.3 Å². The highest BCUT2D eigenvalue weighted by molar-refractivity contribution is 5.03. The topological polar surface area (TPSA) is 47.3 Å². The first kappa shape index (κ1) is 7.53. The Labute approximate surface area is 67.3 Å². The molecule has 0 amide bonds. The predicted octanol–water partition coefficient (Wildman–Crippen LogP) is -0.288. The highest BCUT2D eigenvalue weighted by Crippen LogP contribution is 2.36. The molecular weight excluding hydrogens is 140 g/mol. The van der Waals surface area contributed by atoms with Gasteiger partial charge in [0.05, 0.1) is 13.2 Å². The highest BCUT2D eigenvalue weighted by Gasteiger charge is 2.45. The molecule has 11 heavy (non-hydrogen) atoms. The van der Waals surface area contributed by atoms with Crippen LogP contribution < -0.4 is 11.1 Å². The molecule has 0 aromatic rings. The maximum Gasteiger partial charge on any atom is 0.0647 e. The average molecular weight is 156 g/mol. The van der Waals surface area contributed by atoms with Gasteiger partial charge in [-0.05, 0) is 25.8 Å². The molecule has 1 aliphatic carbocycles. The van der Waals surface area contributed by atoms with E-state index in [0.717, 1.165) is 26.1 Å². The van der Waals surface area contributed by atoms with E-state index < -0.39 is 0 Å². The van der Waals surface area contributed by atoms with Gasteiger partial charge in [-0.25, -0.2) is 0 Å². The molecule has 0 radical (unpaired) electrons. The Bertz CT molecular complexity index is 162. The fourth-order valence-corrected chi connectivity index (χ4v) is 2.40. The van der Waals surface area contributed by atoms with Crippen molar-refractivity contribution in [3.05, 3.63) is 0 Å². The number of ether oxygens (including phenoxy) is 1. The minimum absolute atomic E-state index is 0.0173. The van der Waals surface area contributed by atoms with Crippen LogP contribution in [0.1, 0.15) is 12.8 Å². The predicted molar refractivity (Wildman–Crippen MR) is 43.3 cm³/mol. The second-order valence-corrected chi connectivity index (χ2v) is 3.94. The Morgan fingerprint density at radius 2 is 2.36 bits per heavy atom. The molecule has 1 heterocycles. The smallest absolute Gasteiger partial charge is 0.0647 e. The lowest BCUT2D eigenvalue weighted by atomic mass is 9.97. The zero-order valence-electron chi connectivity index (χ0n) is 6.97. The molecule has 1 aliphatic heterocycles. The standard InChI is InChI=1S/C8H16N2O/c1-10-7-3-8(9)2-6(7)4-11-5-8/h6-7,10H,2-5,9H2,1H3/t6-,7?,8+/m1/s1. The SMILES string of the molecule is CNC1C[C@]2(N)COC[C@H]1C2. The lowest BCUT2D eigenvalue weighted by molar-refractivity contribution is 0.0317. The summed E-state index contributed by atoms with van der Waals surface area (Å²) in [7, 11) is 2.01. The fourth-order valence-electron chi connectivity index (χ4n) is 2.40. The van der Waals surface area contributed by atoms with Crippen LogP contribution in [0.2, 0.25) is 0 Å². The lowest BCUT2D eigenvalue weighted by Crippen LogP contribution is -2.44. The van der Waals surface area contributed by atoms with E-state index in [2.05, 4.69) is 5.32 Å². The van der Waals surface area contributed by atoms with Crippen LogP contribution in [0.4, 0.5) is 0 Å². The number of fused-ring (bicyclic) bond motifs is 2. The summed E-state index contributed by atoms with van der Waals surface area (Å²) in [5.41, 5.74) is 6.08. The van der Waals surface area contributed by atoms with Crippen molar-refractivity contribution in [2.24, 2.45) is 11.7 Å². The van der Waals surface area contributed by atoms with Gasteiger partial charge >= 0.3 is 0 Å². The van der Waals surface area contributed by atoms with Crippen molar-refractivity contribution in [2.45, 2.75) is 24.4 Å². The van der Waals surface area contributed by atoms with Gasteiger partial charge in [0.25, 0.3) is 0 Å². The molecule has 64 valence electrons. The normalized spacial score (nSPS) is 49.6. The molecule has 3 atom stereocenters. The van der Waals surface area contributed by atoms with Crippen molar-refractivity contribution in [1.29, 1.82) is 0 Å². The van der Waals surface area contributed by atoms with E-state index in [-0.39, 0.29) is 5.54 Å². The monoisotopic (exact) mass is 156 g/mol. The molecule has 3 heteroatoms. The summed E-state index contributed by atoms with van der Waals surface area (Å²) in [6, 6.07) is 0.586. The summed E-state index contributed by atoms with van der Waals surface area (Å²) in [4.78, 5) is 0. The van der Waals surface area contributed by atoms with Gasteiger partial charge in [-0.3, -0.25) is 0 Å². The molecule has 2 bridgehead atoms. The molecule has 0 aromatic heterocycles. The molecule has 1 saturated carbocycles. The van der Waals surface area contributed by atoms with Crippen molar-refractivity contribution in [3.63, 3.8) is 0 Å². The Morgan fingerprint density at radius 1 is 1.55 bits per heavy atom. The number of nitrogens with two attached hydrogens (primary N) is 1. The number of hydrogen-bond donors (Lipinski definition) is 2. The van der Waals surface area contributed by atoms with Gasteiger partial charge in [0.2, 0.25) is 0 Å². The summed E-state index contributed by atoms with van der Waals surface area (Å²) in [5, 5.41) is 3.30. The van der Waals surface area contributed by atoms with Crippen molar-refractivity contribution in [1.82, 2.24) is 5.32 Å². The number of hydrogen-bond acceptors (Lipinski definition) is 3. The summed E-state index contributed by atoms with van der Waals surface area (Å²) in [6.45, 7) is 1.64. The third kappa shape index (κ3) is 1.17. The van der Waals surface area contributed by atoms with Gasteiger partial charge in [-0.15, -0.1) is 0 Å². The van der Waals surface area contributed by atoms with Crippen LogP contribution in [0.5, 0.6) is 0 Å². The minimum atomic E-state index is -0.0173. The Balaban J connectivity index is 2.10. The van der Waals surface area contributed by atoms with Gasteiger partial charge in [-0.1, -0.05) is 0 Å². The summed E-state index contributed by atoms with van der Waals surface area (Å²) in [5.74, 6) is 0.652. The molecule has 3 nitrogen and oxygen atoms in total. The van der Waals surface area contributed by atoms with Crippen LogP contribution in [-0.4, -0.2) is 31.8 Å². The molecule has 2 fully saturated rings. The molecule has 0 spiro atoms. The van der Waals surface area contributed by atoms with E-state index in [1.807, 2.05) is 7.05 Å². The quantitative estimate of drug-likeness (QED) is 0.548. The zero-order chi connectivity index (χ0) is 7.90. The van der Waals surface area contributed by atoms with E-state index >= 15 is 0 Å². The first-order chi connectivity index (χ1) is 5.23. The largest absolute Gasteiger partial charge is 0.379 e. The highest BCUT2D eigenvalue weighted by atomic mass is 16.5. The molecule has 2 rings (SSSR count). The van der Waals surface area contributed by atoms with E-state index in [9.17, 15) is 0 Å². The molecule has 1 saturated heterocycles. The molecule has 0 aromatic carbocycles. The molecule has 2 aliphatic rings. The fraction of sp³-hybridized carbons (Fsp3) is 1.00. The van der Waals surface area contributed by atoms with Gasteiger partial charge < -0.3 is 15.8 Å². The van der Waals surface area contributed by atoms with E-state index in [1.165, 1.54) is 0 Å². The third-order valence-corrected chi connectivity index (χ3v) is 2.96. The van der Waals surface area contributed by atoms with Crippen LogP contribution in [0.15, 0.2) is 0 Å². The van der Waals surface area contributed by atoms with Gasteiger partial charge in [0.15, 0.2) is 0 Å². The first-order valence-electron chi connectivity index (χ1n) is 4.27. The average Bonchev–Trinajstić information content (AvgIpc) is 2.21.